The van der Waals surface area contributed by atoms with Gasteiger partial charge in [0.15, 0.2) is 0 Å². The number of aliphatic hydroxyl groups excluding tert-OH is 1. The van der Waals surface area contributed by atoms with Crippen molar-refractivity contribution < 1.29 is 22.7 Å². The first-order valence-corrected chi connectivity index (χ1v) is 3.92. The standard InChI is InChI=1S/C9H8F4O/c10-7-3-1-2-6(4-5-14)8(7)9(11,12)13/h1-3,14H,4-5H2. The van der Waals surface area contributed by atoms with E-state index in [0.717, 1.165) is 12.1 Å². The van der Waals surface area contributed by atoms with Crippen LogP contribution >= 0.6 is 0 Å². The molecule has 0 aliphatic rings. The summed E-state index contributed by atoms with van der Waals surface area (Å²) in [6.45, 7) is -0.438. The lowest BCUT2D eigenvalue weighted by molar-refractivity contribution is -0.140. The lowest BCUT2D eigenvalue weighted by atomic mass is 10.0. The molecule has 0 fully saturated rings. The molecule has 0 radical (unpaired) electrons. The summed E-state index contributed by atoms with van der Waals surface area (Å²) in [7, 11) is 0. The molecular weight excluding hydrogens is 200 g/mol. The van der Waals surface area contributed by atoms with Gasteiger partial charge in [-0.05, 0) is 18.1 Å². The number of halogens is 4. The zero-order valence-electron chi connectivity index (χ0n) is 7.11. The monoisotopic (exact) mass is 208 g/mol. The second kappa shape index (κ2) is 3.96. The highest BCUT2D eigenvalue weighted by Crippen LogP contribution is 2.34. The van der Waals surface area contributed by atoms with Crippen LogP contribution in [-0.2, 0) is 12.6 Å². The van der Waals surface area contributed by atoms with Crippen LogP contribution in [0.5, 0.6) is 0 Å². The van der Waals surface area contributed by atoms with E-state index in [1.807, 2.05) is 0 Å². The minimum atomic E-state index is -4.71. The topological polar surface area (TPSA) is 20.2 Å². The van der Waals surface area contributed by atoms with Crippen molar-refractivity contribution in [3.05, 3.63) is 35.1 Å². The Morgan fingerprint density at radius 2 is 1.86 bits per heavy atom. The predicted molar refractivity (Wildman–Crippen MR) is 42.2 cm³/mol. The molecule has 0 saturated carbocycles. The Morgan fingerprint density at radius 3 is 2.36 bits per heavy atom. The van der Waals surface area contributed by atoms with Crippen molar-refractivity contribution in [2.75, 3.05) is 6.61 Å². The van der Waals surface area contributed by atoms with Crippen molar-refractivity contribution in [2.24, 2.45) is 0 Å². The van der Waals surface area contributed by atoms with E-state index in [1.165, 1.54) is 6.07 Å². The van der Waals surface area contributed by atoms with Gasteiger partial charge in [-0.1, -0.05) is 12.1 Å². The van der Waals surface area contributed by atoms with Crippen LogP contribution in [0.15, 0.2) is 18.2 Å². The average molecular weight is 208 g/mol. The summed E-state index contributed by atoms with van der Waals surface area (Å²) in [5.41, 5.74) is -1.51. The largest absolute Gasteiger partial charge is 0.419 e. The zero-order valence-corrected chi connectivity index (χ0v) is 7.11. The SMILES string of the molecule is OCCc1cccc(F)c1C(F)(F)F. The number of hydrogen-bond acceptors (Lipinski definition) is 1. The molecule has 78 valence electrons. The van der Waals surface area contributed by atoms with E-state index in [4.69, 9.17) is 5.11 Å². The minimum Gasteiger partial charge on any atom is -0.396 e. The summed E-state index contributed by atoms with van der Waals surface area (Å²) in [6, 6.07) is 3.10. The number of benzene rings is 1. The molecule has 0 amide bonds. The van der Waals surface area contributed by atoms with Crippen molar-refractivity contribution in [3.8, 4) is 0 Å². The third kappa shape index (κ3) is 2.23. The minimum absolute atomic E-state index is 0.202. The van der Waals surface area contributed by atoms with Gasteiger partial charge in [0.1, 0.15) is 5.82 Å². The maximum atomic E-state index is 12.9. The fraction of sp³-hybridized carbons (Fsp3) is 0.333. The molecule has 5 heteroatoms. The molecule has 0 aromatic heterocycles. The number of hydrogen-bond donors (Lipinski definition) is 1. The van der Waals surface area contributed by atoms with E-state index in [9.17, 15) is 17.6 Å². The molecule has 1 aromatic carbocycles. The number of alkyl halides is 3. The first-order valence-electron chi connectivity index (χ1n) is 3.92. The molecule has 1 rings (SSSR count). The van der Waals surface area contributed by atoms with Gasteiger partial charge in [-0.15, -0.1) is 0 Å². The summed E-state index contributed by atoms with van der Waals surface area (Å²) in [5, 5.41) is 8.51. The van der Waals surface area contributed by atoms with Gasteiger partial charge in [0, 0.05) is 6.61 Å². The quantitative estimate of drug-likeness (QED) is 0.740. The van der Waals surface area contributed by atoms with Crippen LogP contribution in [0.2, 0.25) is 0 Å². The molecular formula is C9H8F4O. The predicted octanol–water partition coefficient (Wildman–Crippen LogP) is 2.38. The molecule has 1 nitrogen and oxygen atoms in total. The van der Waals surface area contributed by atoms with Crippen molar-refractivity contribution in [1.82, 2.24) is 0 Å². The van der Waals surface area contributed by atoms with Crippen molar-refractivity contribution in [2.45, 2.75) is 12.6 Å². The lowest BCUT2D eigenvalue weighted by Gasteiger charge is -2.12. The van der Waals surface area contributed by atoms with E-state index in [-0.39, 0.29) is 12.0 Å². The summed E-state index contributed by atoms with van der Waals surface area (Å²) < 4.78 is 49.8. The summed E-state index contributed by atoms with van der Waals surface area (Å²) in [4.78, 5) is 0. The summed E-state index contributed by atoms with van der Waals surface area (Å²) in [5.74, 6) is -1.30. The Kier molecular flexibility index (Phi) is 3.10. The first kappa shape index (κ1) is 11.0. The van der Waals surface area contributed by atoms with Gasteiger partial charge in [-0.25, -0.2) is 4.39 Å². The normalized spacial score (nSPS) is 11.8. The summed E-state index contributed by atoms with van der Waals surface area (Å²) in [6.07, 6.45) is -4.91. The Bertz CT molecular complexity index is 319. The molecule has 1 aromatic rings. The van der Waals surface area contributed by atoms with Gasteiger partial charge in [0.2, 0.25) is 0 Å². The van der Waals surface area contributed by atoms with Gasteiger partial charge in [-0.3, -0.25) is 0 Å². The van der Waals surface area contributed by atoms with Crippen molar-refractivity contribution in [1.29, 1.82) is 0 Å². The molecule has 14 heavy (non-hydrogen) atoms. The zero-order chi connectivity index (χ0) is 10.8. The molecule has 0 aliphatic carbocycles. The van der Waals surface area contributed by atoms with Crippen LogP contribution in [0, 0.1) is 5.82 Å². The van der Waals surface area contributed by atoms with E-state index in [2.05, 4.69) is 0 Å². The fourth-order valence-corrected chi connectivity index (χ4v) is 1.22. The Morgan fingerprint density at radius 1 is 1.21 bits per heavy atom. The molecule has 0 atom stereocenters. The molecule has 0 spiro atoms. The highest BCUT2D eigenvalue weighted by atomic mass is 19.4. The van der Waals surface area contributed by atoms with E-state index >= 15 is 0 Å². The van der Waals surface area contributed by atoms with Crippen LogP contribution in [0.3, 0.4) is 0 Å². The van der Waals surface area contributed by atoms with Gasteiger partial charge >= 0.3 is 6.18 Å². The molecule has 0 heterocycles. The highest BCUT2D eigenvalue weighted by Gasteiger charge is 2.36. The summed E-state index contributed by atoms with van der Waals surface area (Å²) >= 11 is 0. The Balaban J connectivity index is 3.22. The van der Waals surface area contributed by atoms with E-state index in [0.29, 0.717) is 0 Å². The smallest absolute Gasteiger partial charge is 0.396 e. The third-order valence-corrected chi connectivity index (χ3v) is 1.76. The van der Waals surface area contributed by atoms with Crippen LogP contribution < -0.4 is 0 Å². The van der Waals surface area contributed by atoms with Crippen molar-refractivity contribution in [3.63, 3.8) is 0 Å². The first-order chi connectivity index (χ1) is 6.46. The molecule has 0 aliphatic heterocycles. The average Bonchev–Trinajstić information content (AvgIpc) is 2.02. The maximum Gasteiger partial charge on any atom is 0.419 e. The second-order valence-electron chi connectivity index (χ2n) is 2.75. The van der Waals surface area contributed by atoms with Gasteiger partial charge in [0.25, 0.3) is 0 Å². The molecule has 0 unspecified atom stereocenters. The second-order valence-corrected chi connectivity index (χ2v) is 2.75. The van der Waals surface area contributed by atoms with Crippen LogP contribution in [0.25, 0.3) is 0 Å². The van der Waals surface area contributed by atoms with Crippen LogP contribution in [0.4, 0.5) is 17.6 Å². The lowest BCUT2D eigenvalue weighted by Crippen LogP contribution is -2.12. The number of aliphatic hydroxyl groups is 1. The third-order valence-electron chi connectivity index (χ3n) is 1.76. The Labute approximate surface area is 78.0 Å². The molecule has 0 bridgehead atoms. The molecule has 1 N–H and O–H groups in total. The van der Waals surface area contributed by atoms with E-state index < -0.39 is 24.2 Å². The van der Waals surface area contributed by atoms with Gasteiger partial charge < -0.3 is 5.11 Å². The van der Waals surface area contributed by atoms with E-state index in [1.54, 1.807) is 0 Å². The van der Waals surface area contributed by atoms with Crippen LogP contribution in [0.1, 0.15) is 11.1 Å². The molecule has 0 saturated heterocycles. The van der Waals surface area contributed by atoms with Crippen LogP contribution in [-0.4, -0.2) is 11.7 Å². The van der Waals surface area contributed by atoms with Crippen molar-refractivity contribution >= 4 is 0 Å². The Hall–Kier alpha value is -1.10. The fourth-order valence-electron chi connectivity index (χ4n) is 1.22. The van der Waals surface area contributed by atoms with Gasteiger partial charge in [0.05, 0.1) is 5.56 Å². The number of rotatable bonds is 2. The highest BCUT2D eigenvalue weighted by molar-refractivity contribution is 5.31. The van der Waals surface area contributed by atoms with Gasteiger partial charge in [-0.2, -0.15) is 13.2 Å². The maximum absolute atomic E-state index is 12.9.